The maximum Gasteiger partial charge on any atom is 0.423 e. The second-order valence-corrected chi connectivity index (χ2v) is 7.61. The van der Waals surface area contributed by atoms with Gasteiger partial charge >= 0.3 is 6.18 Å². The van der Waals surface area contributed by atoms with E-state index in [2.05, 4.69) is 10.4 Å². The summed E-state index contributed by atoms with van der Waals surface area (Å²) in [7, 11) is -4.12. The van der Waals surface area contributed by atoms with E-state index in [1.807, 2.05) is 0 Å². The zero-order valence-corrected chi connectivity index (χ0v) is 16.1. The average Bonchev–Trinajstić information content (AvgIpc) is 2.60. The summed E-state index contributed by atoms with van der Waals surface area (Å²) in [6, 6.07) is 4.46. The van der Waals surface area contributed by atoms with E-state index in [0.29, 0.717) is 6.20 Å². The van der Waals surface area contributed by atoms with Gasteiger partial charge < -0.3 is 5.32 Å². The van der Waals surface area contributed by atoms with Crippen LogP contribution in [0.1, 0.15) is 18.1 Å². The molecule has 0 aliphatic rings. The first kappa shape index (κ1) is 22.6. The first-order valence-corrected chi connectivity index (χ1v) is 9.55. The topological polar surface area (TPSA) is 101 Å². The fraction of sp³-hybridized carbons (Fsp3) is 0.294. The van der Waals surface area contributed by atoms with Gasteiger partial charge in [0, 0.05) is 0 Å². The van der Waals surface area contributed by atoms with Crippen LogP contribution in [-0.4, -0.2) is 31.3 Å². The molecule has 2 aromatic rings. The highest BCUT2D eigenvalue weighted by molar-refractivity contribution is 7.86. The maximum atomic E-state index is 14.2. The van der Waals surface area contributed by atoms with Crippen molar-refractivity contribution in [1.82, 2.24) is 10.2 Å². The minimum Gasteiger partial charge on any atom is -0.374 e. The molecule has 0 saturated carbocycles. The molecule has 0 bridgehead atoms. The molecule has 2 rings (SSSR count). The molecular formula is C17H17F4N3O4S. The lowest BCUT2D eigenvalue weighted by Crippen LogP contribution is -2.27. The summed E-state index contributed by atoms with van der Waals surface area (Å²) in [6.07, 6.45) is -3.52. The largest absolute Gasteiger partial charge is 0.423 e. The van der Waals surface area contributed by atoms with Crippen LogP contribution < -0.4 is 10.9 Å². The predicted molar refractivity (Wildman–Crippen MR) is 96.5 cm³/mol. The molecule has 1 heterocycles. The van der Waals surface area contributed by atoms with Gasteiger partial charge in [-0.15, -0.1) is 0 Å². The Morgan fingerprint density at radius 2 is 1.93 bits per heavy atom. The van der Waals surface area contributed by atoms with Gasteiger partial charge in [-0.1, -0.05) is 17.7 Å². The van der Waals surface area contributed by atoms with Crippen molar-refractivity contribution in [2.75, 3.05) is 11.9 Å². The average molecular weight is 435 g/mol. The van der Waals surface area contributed by atoms with Crippen molar-refractivity contribution in [3.05, 3.63) is 63.8 Å². The van der Waals surface area contributed by atoms with Crippen LogP contribution in [0, 0.1) is 6.92 Å². The molecule has 1 aromatic carbocycles. The molecule has 12 heteroatoms. The highest BCUT2D eigenvalue weighted by atomic mass is 32.2. The van der Waals surface area contributed by atoms with Crippen LogP contribution in [0.5, 0.6) is 0 Å². The van der Waals surface area contributed by atoms with Gasteiger partial charge in [0.15, 0.2) is 0 Å². The van der Waals surface area contributed by atoms with Crippen molar-refractivity contribution in [3.63, 3.8) is 0 Å². The highest BCUT2D eigenvalue weighted by Crippen LogP contribution is 2.32. The number of halogens is 4. The van der Waals surface area contributed by atoms with E-state index in [1.54, 1.807) is 24.2 Å². The summed E-state index contributed by atoms with van der Waals surface area (Å²) in [5.41, 5.74) is -2.91. The Hall–Kier alpha value is -2.73. The molecule has 0 fully saturated rings. The minimum absolute atomic E-state index is 0.118. The van der Waals surface area contributed by atoms with E-state index in [-0.39, 0.29) is 4.90 Å². The Morgan fingerprint density at radius 3 is 2.52 bits per heavy atom. The fourth-order valence-electron chi connectivity index (χ4n) is 2.24. The molecule has 0 amide bonds. The number of alkyl halides is 3. The van der Waals surface area contributed by atoms with Crippen molar-refractivity contribution in [2.24, 2.45) is 0 Å². The maximum absolute atomic E-state index is 14.2. The van der Waals surface area contributed by atoms with Crippen molar-refractivity contribution >= 4 is 15.8 Å². The van der Waals surface area contributed by atoms with Gasteiger partial charge in [0.25, 0.3) is 15.7 Å². The van der Waals surface area contributed by atoms with Crippen LogP contribution in [0.15, 0.2) is 52.1 Å². The van der Waals surface area contributed by atoms with Crippen LogP contribution in [-0.2, 0) is 20.5 Å². The molecule has 0 aliphatic carbocycles. The van der Waals surface area contributed by atoms with Crippen LogP contribution in [0.25, 0.3) is 0 Å². The van der Waals surface area contributed by atoms with E-state index < -0.39 is 51.6 Å². The summed E-state index contributed by atoms with van der Waals surface area (Å²) in [5, 5.41) is 7.11. The lowest BCUT2D eigenvalue weighted by atomic mass is 10.2. The third kappa shape index (κ3) is 5.87. The van der Waals surface area contributed by atoms with Gasteiger partial charge in [0.2, 0.25) is 0 Å². The smallest absolute Gasteiger partial charge is 0.374 e. The molecule has 0 spiro atoms. The molecule has 1 atom stereocenters. The molecule has 0 radical (unpaired) electrons. The second kappa shape index (κ2) is 8.74. The lowest BCUT2D eigenvalue weighted by Gasteiger charge is -2.17. The second-order valence-electron chi connectivity index (χ2n) is 5.99. The predicted octanol–water partition coefficient (Wildman–Crippen LogP) is 3.16. The summed E-state index contributed by atoms with van der Waals surface area (Å²) in [4.78, 5) is 11.3. The third-order valence-corrected chi connectivity index (χ3v) is 5.03. The number of H-pyrrole nitrogens is 1. The van der Waals surface area contributed by atoms with Crippen LogP contribution in [0.2, 0.25) is 0 Å². The molecule has 0 saturated heterocycles. The summed E-state index contributed by atoms with van der Waals surface area (Å²) < 4.78 is 81.9. The molecular weight excluding hydrogens is 418 g/mol. The molecule has 2 N–H and O–H groups in total. The quantitative estimate of drug-likeness (QED) is 0.512. The van der Waals surface area contributed by atoms with Gasteiger partial charge in [-0.2, -0.15) is 26.7 Å². The first-order valence-electron chi connectivity index (χ1n) is 8.15. The summed E-state index contributed by atoms with van der Waals surface area (Å²) in [5.74, 6) is -0.988. The fourth-order valence-corrected chi connectivity index (χ4v) is 3.10. The number of anilines is 1. The zero-order valence-electron chi connectivity index (χ0n) is 15.2. The number of hydrogen-bond donors (Lipinski definition) is 2. The molecule has 0 aliphatic heterocycles. The normalized spacial score (nSPS) is 13.9. The van der Waals surface area contributed by atoms with Gasteiger partial charge in [-0.25, -0.2) is 9.49 Å². The van der Waals surface area contributed by atoms with E-state index in [1.165, 1.54) is 19.1 Å². The number of nitrogens with one attached hydrogen (secondary N) is 2. The number of benzene rings is 1. The van der Waals surface area contributed by atoms with Crippen LogP contribution in [0.4, 0.5) is 23.2 Å². The minimum atomic E-state index is -4.98. The molecule has 158 valence electrons. The number of aromatic amines is 1. The standard InChI is InChI=1S/C17H17F4N3O4S/c1-10-3-5-12(6-4-10)29(26,27)28-8-7-13(18)11(2)23-14-9-22-24-16(25)15(14)17(19,20)21/h3-7,9,11H,8H2,1-2H3,(H2,23,24,25). The first-order chi connectivity index (χ1) is 13.4. The lowest BCUT2D eigenvalue weighted by molar-refractivity contribution is -0.138. The van der Waals surface area contributed by atoms with Gasteiger partial charge in [0.1, 0.15) is 11.4 Å². The molecule has 1 unspecified atom stereocenters. The Bertz CT molecular complexity index is 1050. The highest BCUT2D eigenvalue weighted by Gasteiger charge is 2.37. The number of aromatic nitrogens is 2. The number of aryl methyl sites for hydroxylation is 1. The van der Waals surface area contributed by atoms with Crippen molar-refractivity contribution in [3.8, 4) is 0 Å². The molecule has 29 heavy (non-hydrogen) atoms. The van der Waals surface area contributed by atoms with Crippen molar-refractivity contribution in [2.45, 2.75) is 31.0 Å². The summed E-state index contributed by atoms with van der Waals surface area (Å²) in [6.45, 7) is 2.28. The van der Waals surface area contributed by atoms with Crippen molar-refractivity contribution in [1.29, 1.82) is 0 Å². The number of nitrogens with zero attached hydrogens (tertiary/aromatic N) is 1. The van der Waals surface area contributed by atoms with Crippen LogP contribution in [0.3, 0.4) is 0 Å². The van der Waals surface area contributed by atoms with E-state index in [0.717, 1.165) is 11.6 Å². The summed E-state index contributed by atoms with van der Waals surface area (Å²) >= 11 is 0. The molecule has 7 nitrogen and oxygen atoms in total. The number of rotatable bonds is 7. The number of hydrogen-bond acceptors (Lipinski definition) is 6. The SMILES string of the molecule is Cc1ccc(S(=O)(=O)OCC=C(F)C(C)Nc2cn[nH]c(=O)c2C(F)(F)F)cc1. The third-order valence-electron chi connectivity index (χ3n) is 3.74. The van der Waals surface area contributed by atoms with E-state index in [4.69, 9.17) is 4.18 Å². The zero-order chi connectivity index (χ0) is 21.8. The Morgan fingerprint density at radius 1 is 1.31 bits per heavy atom. The monoisotopic (exact) mass is 435 g/mol. The van der Waals surface area contributed by atoms with E-state index >= 15 is 0 Å². The van der Waals surface area contributed by atoms with Gasteiger partial charge in [0.05, 0.1) is 29.4 Å². The molecule has 1 aromatic heterocycles. The van der Waals surface area contributed by atoms with Crippen LogP contribution >= 0.6 is 0 Å². The van der Waals surface area contributed by atoms with Gasteiger partial charge in [-0.05, 0) is 32.1 Å². The Balaban J connectivity index is 2.08. The van der Waals surface area contributed by atoms with Crippen molar-refractivity contribution < 1.29 is 30.2 Å². The van der Waals surface area contributed by atoms with E-state index in [9.17, 15) is 30.8 Å². The van der Waals surface area contributed by atoms with Gasteiger partial charge in [-0.3, -0.25) is 8.98 Å². The Kier molecular flexibility index (Phi) is 6.80. The Labute approximate surface area is 163 Å².